The van der Waals surface area contributed by atoms with Gasteiger partial charge in [-0.15, -0.1) is 0 Å². The minimum Gasteiger partial charge on any atom is -0.476 e. The van der Waals surface area contributed by atoms with Crippen molar-refractivity contribution in [3.63, 3.8) is 0 Å². The van der Waals surface area contributed by atoms with Gasteiger partial charge in [-0.05, 0) is 12.3 Å². The van der Waals surface area contributed by atoms with E-state index in [4.69, 9.17) is 5.11 Å². The number of carbonyl (C=O) groups is 2. The van der Waals surface area contributed by atoms with Crippen molar-refractivity contribution in [2.24, 2.45) is 13.0 Å². The lowest BCUT2D eigenvalue weighted by Gasteiger charge is -2.06. The van der Waals surface area contributed by atoms with E-state index in [-0.39, 0.29) is 11.3 Å². The van der Waals surface area contributed by atoms with Crippen molar-refractivity contribution in [1.29, 1.82) is 0 Å². The van der Waals surface area contributed by atoms with Crippen LogP contribution in [0.4, 0.5) is 0 Å². The highest BCUT2D eigenvalue weighted by atomic mass is 16.4. The third-order valence-electron chi connectivity index (χ3n) is 2.28. The van der Waals surface area contributed by atoms with Crippen molar-refractivity contribution in [1.82, 2.24) is 15.1 Å². The van der Waals surface area contributed by atoms with Crippen LogP contribution >= 0.6 is 0 Å². The molecule has 2 N–H and O–H groups in total. The van der Waals surface area contributed by atoms with Gasteiger partial charge in [-0.25, -0.2) is 4.79 Å². The Bertz CT molecular complexity index is 424. The first-order valence-corrected chi connectivity index (χ1v) is 5.47. The molecule has 0 aromatic carbocycles. The van der Waals surface area contributed by atoms with Crippen LogP contribution < -0.4 is 5.32 Å². The van der Waals surface area contributed by atoms with Crippen LogP contribution in [-0.2, 0) is 7.05 Å². The molecule has 17 heavy (non-hydrogen) atoms. The lowest BCUT2D eigenvalue weighted by molar-refractivity contribution is 0.0684. The maximum Gasteiger partial charge on any atom is 0.357 e. The number of hydrogen-bond acceptors (Lipinski definition) is 3. The van der Waals surface area contributed by atoms with Gasteiger partial charge in [0.1, 0.15) is 0 Å². The molecule has 0 radical (unpaired) electrons. The van der Waals surface area contributed by atoms with Crippen molar-refractivity contribution in [3.8, 4) is 0 Å². The Hall–Kier alpha value is -1.85. The maximum absolute atomic E-state index is 11.7. The largest absolute Gasteiger partial charge is 0.476 e. The number of nitrogens with zero attached hydrogens (tertiary/aromatic N) is 2. The Labute approximate surface area is 99.6 Å². The van der Waals surface area contributed by atoms with Gasteiger partial charge in [0.05, 0.1) is 5.56 Å². The van der Waals surface area contributed by atoms with E-state index in [0.29, 0.717) is 12.5 Å². The number of nitrogens with one attached hydrogen (secondary N) is 1. The first-order valence-electron chi connectivity index (χ1n) is 5.47. The number of amides is 1. The van der Waals surface area contributed by atoms with E-state index < -0.39 is 11.9 Å². The third kappa shape index (κ3) is 3.58. The Morgan fingerprint density at radius 1 is 1.53 bits per heavy atom. The van der Waals surface area contributed by atoms with Crippen LogP contribution in [-0.4, -0.2) is 33.3 Å². The monoisotopic (exact) mass is 239 g/mol. The van der Waals surface area contributed by atoms with E-state index in [0.717, 1.165) is 6.42 Å². The van der Waals surface area contributed by atoms with E-state index in [1.165, 1.54) is 10.9 Å². The number of rotatable bonds is 5. The molecule has 0 saturated carbocycles. The van der Waals surface area contributed by atoms with Gasteiger partial charge in [-0.3, -0.25) is 9.48 Å². The number of aryl methyl sites for hydroxylation is 1. The Kier molecular flexibility index (Phi) is 4.25. The molecule has 6 nitrogen and oxygen atoms in total. The fourth-order valence-corrected chi connectivity index (χ4v) is 1.38. The normalized spacial score (nSPS) is 10.6. The Balaban J connectivity index is 2.71. The van der Waals surface area contributed by atoms with Crippen LogP contribution in [0.15, 0.2) is 6.20 Å². The lowest BCUT2D eigenvalue weighted by Crippen LogP contribution is -2.26. The zero-order chi connectivity index (χ0) is 13.0. The summed E-state index contributed by atoms with van der Waals surface area (Å²) in [6, 6.07) is 0. The lowest BCUT2D eigenvalue weighted by atomic mass is 10.1. The van der Waals surface area contributed by atoms with Crippen molar-refractivity contribution in [3.05, 3.63) is 17.5 Å². The Morgan fingerprint density at radius 3 is 2.71 bits per heavy atom. The predicted octanol–water partition coefficient (Wildman–Crippen LogP) is 0.894. The molecule has 0 atom stereocenters. The van der Waals surface area contributed by atoms with E-state index in [1.54, 1.807) is 7.05 Å². The van der Waals surface area contributed by atoms with Crippen LogP contribution in [0.25, 0.3) is 0 Å². The SMILES string of the molecule is CC(C)CCNC(=O)c1cn(C)nc1C(=O)O. The second-order valence-corrected chi connectivity index (χ2v) is 4.31. The van der Waals surface area contributed by atoms with Crippen LogP contribution in [0, 0.1) is 5.92 Å². The molecule has 1 heterocycles. The second-order valence-electron chi connectivity index (χ2n) is 4.31. The average molecular weight is 239 g/mol. The fraction of sp³-hybridized carbons (Fsp3) is 0.545. The smallest absolute Gasteiger partial charge is 0.357 e. The molecule has 0 aliphatic carbocycles. The molecule has 0 fully saturated rings. The summed E-state index contributed by atoms with van der Waals surface area (Å²) < 4.78 is 1.32. The van der Waals surface area contributed by atoms with Crippen molar-refractivity contribution >= 4 is 11.9 Å². The number of aromatic carboxylic acids is 1. The maximum atomic E-state index is 11.7. The van der Waals surface area contributed by atoms with Gasteiger partial charge < -0.3 is 10.4 Å². The molecule has 94 valence electrons. The summed E-state index contributed by atoms with van der Waals surface area (Å²) >= 11 is 0. The van der Waals surface area contributed by atoms with Crippen molar-refractivity contribution in [2.75, 3.05) is 6.54 Å². The van der Waals surface area contributed by atoms with E-state index in [2.05, 4.69) is 24.3 Å². The van der Waals surface area contributed by atoms with Gasteiger partial charge in [-0.1, -0.05) is 13.8 Å². The van der Waals surface area contributed by atoms with Crippen LogP contribution in [0.5, 0.6) is 0 Å². The van der Waals surface area contributed by atoms with E-state index >= 15 is 0 Å². The summed E-state index contributed by atoms with van der Waals surface area (Å²) in [5.41, 5.74) is -0.113. The zero-order valence-electron chi connectivity index (χ0n) is 10.2. The standard InChI is InChI=1S/C11H17N3O3/c1-7(2)4-5-12-10(15)8-6-14(3)13-9(8)11(16)17/h6-7H,4-5H2,1-3H3,(H,12,15)(H,16,17). The third-order valence-corrected chi connectivity index (χ3v) is 2.28. The molecule has 6 heteroatoms. The molecule has 1 aromatic rings. The molecule has 1 aromatic heterocycles. The molecule has 0 spiro atoms. The van der Waals surface area contributed by atoms with E-state index in [1.807, 2.05) is 0 Å². The summed E-state index contributed by atoms with van der Waals surface area (Å²) in [5, 5.41) is 15.3. The second kappa shape index (κ2) is 5.47. The first-order chi connectivity index (χ1) is 7.91. The molecular formula is C11H17N3O3. The van der Waals surface area contributed by atoms with Gasteiger partial charge >= 0.3 is 5.97 Å². The molecule has 1 rings (SSSR count). The number of aromatic nitrogens is 2. The topological polar surface area (TPSA) is 84.2 Å². The number of hydrogen-bond donors (Lipinski definition) is 2. The van der Waals surface area contributed by atoms with Crippen LogP contribution in [0.3, 0.4) is 0 Å². The molecule has 0 aliphatic heterocycles. The highest BCUT2D eigenvalue weighted by Gasteiger charge is 2.20. The number of carbonyl (C=O) groups excluding carboxylic acids is 1. The molecule has 0 bridgehead atoms. The van der Waals surface area contributed by atoms with Crippen LogP contribution in [0.2, 0.25) is 0 Å². The van der Waals surface area contributed by atoms with Gasteiger partial charge in [0, 0.05) is 19.8 Å². The summed E-state index contributed by atoms with van der Waals surface area (Å²) in [6.07, 6.45) is 2.27. The van der Waals surface area contributed by atoms with Crippen molar-refractivity contribution in [2.45, 2.75) is 20.3 Å². The van der Waals surface area contributed by atoms with Gasteiger partial charge in [0.15, 0.2) is 5.69 Å². The number of carboxylic acid groups (broad SMARTS) is 1. The minimum absolute atomic E-state index is 0.101. The first kappa shape index (κ1) is 13.2. The average Bonchev–Trinajstić information content (AvgIpc) is 2.59. The summed E-state index contributed by atoms with van der Waals surface area (Å²) in [7, 11) is 1.58. The summed E-state index contributed by atoms with van der Waals surface area (Å²) in [5.74, 6) is -1.10. The van der Waals surface area contributed by atoms with Gasteiger partial charge in [0.25, 0.3) is 5.91 Å². The molecule has 0 unspecified atom stereocenters. The van der Waals surface area contributed by atoms with Crippen LogP contribution in [0.1, 0.15) is 41.1 Å². The molecular weight excluding hydrogens is 222 g/mol. The highest BCUT2D eigenvalue weighted by Crippen LogP contribution is 2.06. The highest BCUT2D eigenvalue weighted by molar-refractivity contribution is 6.03. The van der Waals surface area contributed by atoms with Crippen molar-refractivity contribution < 1.29 is 14.7 Å². The summed E-state index contributed by atoms with van der Waals surface area (Å²) in [6.45, 7) is 4.64. The van der Waals surface area contributed by atoms with Gasteiger partial charge in [0.2, 0.25) is 0 Å². The predicted molar refractivity (Wildman–Crippen MR) is 62.0 cm³/mol. The summed E-state index contributed by atoms with van der Waals surface area (Å²) in [4.78, 5) is 22.6. The van der Waals surface area contributed by atoms with E-state index in [9.17, 15) is 9.59 Å². The fourth-order valence-electron chi connectivity index (χ4n) is 1.38. The number of carboxylic acids is 1. The molecule has 0 aliphatic rings. The minimum atomic E-state index is -1.19. The molecule has 0 saturated heterocycles. The Morgan fingerprint density at radius 2 is 2.18 bits per heavy atom. The molecule has 1 amide bonds. The van der Waals surface area contributed by atoms with Gasteiger partial charge in [-0.2, -0.15) is 5.10 Å². The zero-order valence-corrected chi connectivity index (χ0v) is 10.2. The quantitative estimate of drug-likeness (QED) is 0.799.